The second-order valence-corrected chi connectivity index (χ2v) is 7.90. The van der Waals surface area contributed by atoms with Crippen LogP contribution in [0.4, 0.5) is 13.2 Å². The molecule has 7 heteroatoms. The van der Waals surface area contributed by atoms with E-state index in [0.717, 1.165) is 18.1 Å². The molecule has 0 spiro atoms. The van der Waals surface area contributed by atoms with Gasteiger partial charge in [-0.3, -0.25) is 4.90 Å². The number of rotatable bonds is 3. The van der Waals surface area contributed by atoms with Crippen LogP contribution in [0.1, 0.15) is 31.9 Å². The number of hydrogen-bond donors (Lipinski definition) is 1. The molecule has 1 atom stereocenters. The lowest BCUT2D eigenvalue weighted by Crippen LogP contribution is -2.40. The van der Waals surface area contributed by atoms with Gasteiger partial charge in [-0.25, -0.2) is 0 Å². The van der Waals surface area contributed by atoms with Crippen LogP contribution < -0.4 is 0 Å². The van der Waals surface area contributed by atoms with E-state index in [0.29, 0.717) is 28.9 Å². The van der Waals surface area contributed by atoms with E-state index >= 15 is 0 Å². The largest absolute Gasteiger partial charge is 0.416 e. The highest BCUT2D eigenvalue weighted by molar-refractivity contribution is 7.71. The SMILES string of the molecule is C=CC(C)(C)CN1Cc2cc(C(F)(F)F)cc3[nH]c(=S)n(c23)C[C@@H]1C. The molecule has 1 aromatic heterocycles. The molecule has 0 radical (unpaired) electrons. The standard InChI is InChI=1S/C18H22F3N3S/c1-5-17(3,4)10-23-9-12-6-13(18(19,20)21)7-14-15(12)24(8-11(23)2)16(25)22-14/h5-7,11H,1,8-10H2,2-4H3,(H,22,25)/t11-/m0/s1. The summed E-state index contributed by atoms with van der Waals surface area (Å²) in [5.74, 6) is 0. The van der Waals surface area contributed by atoms with Crippen molar-refractivity contribution in [3.05, 3.63) is 40.7 Å². The molecular formula is C18H22F3N3S. The van der Waals surface area contributed by atoms with Crippen LogP contribution in [0.25, 0.3) is 11.0 Å². The third-order valence-corrected chi connectivity index (χ3v) is 5.20. The second kappa shape index (κ2) is 5.99. The molecule has 3 nitrogen and oxygen atoms in total. The minimum Gasteiger partial charge on any atom is -0.331 e. The van der Waals surface area contributed by atoms with Gasteiger partial charge in [-0.05, 0) is 42.3 Å². The van der Waals surface area contributed by atoms with Crippen LogP contribution in [0.15, 0.2) is 24.8 Å². The Hall–Kier alpha value is -1.60. The summed E-state index contributed by atoms with van der Waals surface area (Å²) in [5, 5.41) is 0. The van der Waals surface area contributed by atoms with Crippen molar-refractivity contribution in [1.82, 2.24) is 14.5 Å². The second-order valence-electron chi connectivity index (χ2n) is 7.52. The summed E-state index contributed by atoms with van der Waals surface area (Å²) < 4.78 is 42.2. The van der Waals surface area contributed by atoms with Crippen LogP contribution in [0.5, 0.6) is 0 Å². The first kappa shape index (κ1) is 18.2. The molecule has 3 rings (SSSR count). The van der Waals surface area contributed by atoms with Crippen molar-refractivity contribution in [2.24, 2.45) is 5.41 Å². The number of imidazole rings is 1. The monoisotopic (exact) mass is 369 g/mol. The number of nitrogens with one attached hydrogen (secondary N) is 1. The zero-order chi connectivity index (χ0) is 18.6. The molecule has 0 saturated carbocycles. The molecule has 1 N–H and O–H groups in total. The highest BCUT2D eigenvalue weighted by atomic mass is 32.1. The van der Waals surface area contributed by atoms with Gasteiger partial charge >= 0.3 is 6.18 Å². The van der Waals surface area contributed by atoms with Crippen molar-refractivity contribution < 1.29 is 13.2 Å². The zero-order valence-corrected chi connectivity index (χ0v) is 15.4. The molecule has 0 saturated heterocycles. The van der Waals surface area contributed by atoms with Gasteiger partial charge in [0.2, 0.25) is 0 Å². The van der Waals surface area contributed by atoms with Gasteiger partial charge in [0.05, 0.1) is 16.6 Å². The van der Waals surface area contributed by atoms with Gasteiger partial charge in [-0.2, -0.15) is 13.2 Å². The number of aromatic amines is 1. The van der Waals surface area contributed by atoms with Gasteiger partial charge in [0.1, 0.15) is 0 Å². The maximum absolute atomic E-state index is 13.3. The van der Waals surface area contributed by atoms with Crippen LogP contribution >= 0.6 is 12.2 Å². The Labute approximate surface area is 150 Å². The Morgan fingerprint density at radius 1 is 1.36 bits per heavy atom. The highest BCUT2D eigenvalue weighted by Crippen LogP contribution is 2.35. The van der Waals surface area contributed by atoms with E-state index < -0.39 is 11.7 Å². The number of halogens is 3. The molecule has 136 valence electrons. The maximum atomic E-state index is 13.3. The fourth-order valence-corrected chi connectivity index (χ4v) is 3.68. The molecule has 0 amide bonds. The molecule has 0 bridgehead atoms. The van der Waals surface area contributed by atoms with Gasteiger partial charge in [0.25, 0.3) is 0 Å². The van der Waals surface area contributed by atoms with Crippen molar-refractivity contribution in [2.75, 3.05) is 6.54 Å². The number of nitrogens with zero attached hydrogens (tertiary/aromatic N) is 2. The van der Waals surface area contributed by atoms with Gasteiger partial charge in [-0.15, -0.1) is 6.58 Å². The molecule has 0 unspecified atom stereocenters. The van der Waals surface area contributed by atoms with Gasteiger partial charge < -0.3 is 9.55 Å². The quantitative estimate of drug-likeness (QED) is 0.599. The van der Waals surface area contributed by atoms with E-state index in [2.05, 4.69) is 37.2 Å². The Balaban J connectivity index is 2.14. The molecule has 1 aliphatic heterocycles. The summed E-state index contributed by atoms with van der Waals surface area (Å²) in [4.78, 5) is 5.14. The first-order chi connectivity index (χ1) is 11.5. The number of hydrogen-bond acceptors (Lipinski definition) is 2. The van der Waals surface area contributed by atoms with E-state index in [-0.39, 0.29) is 11.5 Å². The van der Waals surface area contributed by atoms with E-state index in [4.69, 9.17) is 12.2 Å². The van der Waals surface area contributed by atoms with Crippen molar-refractivity contribution in [3.8, 4) is 0 Å². The van der Waals surface area contributed by atoms with E-state index in [9.17, 15) is 13.2 Å². The van der Waals surface area contributed by atoms with Crippen LogP contribution in [-0.4, -0.2) is 27.0 Å². The summed E-state index contributed by atoms with van der Waals surface area (Å²) in [7, 11) is 0. The normalized spacial score (nSPS) is 19.2. The van der Waals surface area contributed by atoms with Crippen molar-refractivity contribution in [1.29, 1.82) is 0 Å². The lowest BCUT2D eigenvalue weighted by Gasteiger charge is -2.34. The molecule has 0 fully saturated rings. The fraction of sp³-hybridized carbons (Fsp3) is 0.500. The van der Waals surface area contributed by atoms with Crippen molar-refractivity contribution in [2.45, 2.75) is 46.1 Å². The first-order valence-electron chi connectivity index (χ1n) is 8.22. The highest BCUT2D eigenvalue weighted by Gasteiger charge is 2.34. The average Bonchev–Trinajstić information content (AvgIpc) is 2.73. The van der Waals surface area contributed by atoms with E-state index in [1.54, 1.807) is 0 Å². The maximum Gasteiger partial charge on any atom is 0.416 e. The van der Waals surface area contributed by atoms with E-state index in [1.807, 2.05) is 10.6 Å². The summed E-state index contributed by atoms with van der Waals surface area (Å²) in [6.45, 7) is 11.9. The van der Waals surface area contributed by atoms with Crippen molar-refractivity contribution in [3.63, 3.8) is 0 Å². The topological polar surface area (TPSA) is 24.0 Å². The fourth-order valence-electron chi connectivity index (χ4n) is 3.41. The number of alkyl halides is 3. The predicted molar refractivity (Wildman–Crippen MR) is 96.0 cm³/mol. The number of aromatic nitrogens is 2. The van der Waals surface area contributed by atoms with Gasteiger partial charge in [0.15, 0.2) is 4.77 Å². The minimum atomic E-state index is -4.38. The molecule has 2 aromatic rings. The van der Waals surface area contributed by atoms with Crippen LogP contribution in [0, 0.1) is 10.2 Å². The van der Waals surface area contributed by atoms with Gasteiger partial charge in [0, 0.05) is 25.7 Å². The van der Waals surface area contributed by atoms with E-state index in [1.165, 1.54) is 6.07 Å². The summed E-state index contributed by atoms with van der Waals surface area (Å²) in [6, 6.07) is 2.55. The molecule has 1 aliphatic rings. The molecule has 25 heavy (non-hydrogen) atoms. The Morgan fingerprint density at radius 2 is 2.04 bits per heavy atom. The third kappa shape index (κ3) is 3.40. The summed E-state index contributed by atoms with van der Waals surface area (Å²) in [5.41, 5.74) is 1.12. The zero-order valence-electron chi connectivity index (χ0n) is 14.6. The first-order valence-corrected chi connectivity index (χ1v) is 8.63. The van der Waals surface area contributed by atoms with Gasteiger partial charge in [-0.1, -0.05) is 19.9 Å². The molecule has 2 heterocycles. The molecule has 1 aromatic carbocycles. The Bertz CT molecular complexity index is 876. The van der Waals surface area contributed by atoms with Crippen LogP contribution in [0.2, 0.25) is 0 Å². The van der Waals surface area contributed by atoms with Crippen molar-refractivity contribution >= 4 is 23.3 Å². The Morgan fingerprint density at radius 3 is 2.64 bits per heavy atom. The number of H-pyrrole nitrogens is 1. The molecular weight excluding hydrogens is 347 g/mol. The lowest BCUT2D eigenvalue weighted by atomic mass is 9.92. The van der Waals surface area contributed by atoms with Crippen LogP contribution in [-0.2, 0) is 19.3 Å². The predicted octanol–water partition coefficient (Wildman–Crippen LogP) is 5.13. The summed E-state index contributed by atoms with van der Waals surface area (Å²) >= 11 is 5.36. The smallest absolute Gasteiger partial charge is 0.331 e. The lowest BCUT2D eigenvalue weighted by molar-refractivity contribution is -0.137. The third-order valence-electron chi connectivity index (χ3n) is 4.88. The molecule has 0 aliphatic carbocycles. The minimum absolute atomic E-state index is 0.128. The van der Waals surface area contributed by atoms with Crippen LogP contribution in [0.3, 0.4) is 0 Å². The average molecular weight is 369 g/mol. The number of benzene rings is 1. The summed E-state index contributed by atoms with van der Waals surface area (Å²) in [6.07, 6.45) is -2.50. The Kier molecular flexibility index (Phi) is 4.36.